The van der Waals surface area contributed by atoms with Gasteiger partial charge in [0.05, 0.1) is 11.6 Å². The molecule has 1 amide bonds. The lowest BCUT2D eigenvalue weighted by Gasteiger charge is -2.07. The van der Waals surface area contributed by atoms with Crippen LogP contribution in [0.3, 0.4) is 0 Å². The van der Waals surface area contributed by atoms with Gasteiger partial charge >= 0.3 is 0 Å². The van der Waals surface area contributed by atoms with Crippen LogP contribution in [-0.4, -0.2) is 23.7 Å². The molecular formula is C12H13ClFNO2. The fraction of sp³-hybridized carbons (Fsp3) is 0.250. The molecule has 0 saturated carbocycles. The summed E-state index contributed by atoms with van der Waals surface area (Å²) < 4.78 is 13.3. The van der Waals surface area contributed by atoms with Crippen molar-refractivity contribution in [2.24, 2.45) is 0 Å². The lowest BCUT2D eigenvalue weighted by molar-refractivity contribution is -0.117. The Morgan fingerprint density at radius 3 is 2.94 bits per heavy atom. The molecule has 92 valence electrons. The molecule has 0 spiro atoms. The van der Waals surface area contributed by atoms with Crippen molar-refractivity contribution >= 4 is 23.6 Å². The first-order chi connectivity index (χ1) is 8.04. The molecule has 3 nitrogen and oxygen atoms in total. The van der Waals surface area contributed by atoms with Crippen LogP contribution < -0.4 is 5.32 Å². The maximum atomic E-state index is 13.3. The van der Waals surface area contributed by atoms with Crippen LogP contribution in [-0.2, 0) is 4.79 Å². The quantitative estimate of drug-likeness (QED) is 0.811. The molecule has 0 heterocycles. The van der Waals surface area contributed by atoms with Crippen LogP contribution in [0.2, 0.25) is 5.02 Å². The molecule has 0 bridgehead atoms. The summed E-state index contributed by atoms with van der Waals surface area (Å²) >= 11 is 5.78. The van der Waals surface area contributed by atoms with Crippen molar-refractivity contribution in [2.75, 3.05) is 6.61 Å². The minimum absolute atomic E-state index is 0.153. The third-order valence-corrected chi connectivity index (χ3v) is 2.39. The van der Waals surface area contributed by atoms with Gasteiger partial charge in [0.1, 0.15) is 5.82 Å². The second-order valence-electron chi connectivity index (χ2n) is 3.56. The lowest BCUT2D eigenvalue weighted by atomic mass is 10.2. The Morgan fingerprint density at radius 1 is 1.65 bits per heavy atom. The average Bonchev–Trinajstić information content (AvgIpc) is 2.28. The molecular weight excluding hydrogens is 245 g/mol. The van der Waals surface area contributed by atoms with Gasteiger partial charge in [-0.05, 0) is 25.1 Å². The summed E-state index contributed by atoms with van der Waals surface area (Å²) in [6.45, 7) is 1.50. The Morgan fingerprint density at radius 2 is 2.35 bits per heavy atom. The van der Waals surface area contributed by atoms with Gasteiger partial charge < -0.3 is 10.4 Å². The van der Waals surface area contributed by atoms with Gasteiger partial charge in [-0.15, -0.1) is 0 Å². The predicted molar refractivity (Wildman–Crippen MR) is 65.1 cm³/mol. The number of benzene rings is 1. The first-order valence-corrected chi connectivity index (χ1v) is 5.46. The molecule has 1 rings (SSSR count). The number of hydrogen-bond donors (Lipinski definition) is 2. The van der Waals surface area contributed by atoms with E-state index >= 15 is 0 Å². The molecule has 0 aliphatic rings. The van der Waals surface area contributed by atoms with Crippen LogP contribution in [0, 0.1) is 5.82 Å². The highest BCUT2D eigenvalue weighted by atomic mass is 35.5. The highest BCUT2D eigenvalue weighted by molar-refractivity contribution is 6.32. The van der Waals surface area contributed by atoms with Crippen molar-refractivity contribution in [3.63, 3.8) is 0 Å². The van der Waals surface area contributed by atoms with E-state index in [1.54, 1.807) is 13.0 Å². The van der Waals surface area contributed by atoms with Crippen molar-refractivity contribution in [1.82, 2.24) is 5.32 Å². The monoisotopic (exact) mass is 257 g/mol. The SMILES string of the molecule is C[C@@H](CO)NC(=O)C=Cc1c(F)cccc1Cl. The van der Waals surface area contributed by atoms with Crippen LogP contribution in [0.1, 0.15) is 12.5 Å². The lowest BCUT2D eigenvalue weighted by Crippen LogP contribution is -2.33. The van der Waals surface area contributed by atoms with Gasteiger partial charge in [0.25, 0.3) is 0 Å². The molecule has 1 aromatic rings. The van der Waals surface area contributed by atoms with E-state index in [0.29, 0.717) is 0 Å². The highest BCUT2D eigenvalue weighted by Gasteiger charge is 2.05. The minimum atomic E-state index is -0.489. The summed E-state index contributed by atoms with van der Waals surface area (Å²) in [6.07, 6.45) is 2.48. The van der Waals surface area contributed by atoms with E-state index in [2.05, 4.69) is 5.32 Å². The Balaban J connectivity index is 2.74. The zero-order valence-electron chi connectivity index (χ0n) is 9.28. The standard InChI is InChI=1S/C12H13ClFNO2/c1-8(7-16)15-12(17)6-5-9-10(13)3-2-4-11(9)14/h2-6,8,16H,7H2,1H3,(H,15,17)/t8-/m0/s1. The van der Waals surface area contributed by atoms with Crippen molar-refractivity contribution < 1.29 is 14.3 Å². The van der Waals surface area contributed by atoms with Gasteiger partial charge in [-0.1, -0.05) is 17.7 Å². The van der Waals surface area contributed by atoms with Gasteiger partial charge in [0.15, 0.2) is 0 Å². The zero-order valence-corrected chi connectivity index (χ0v) is 10.0. The van der Waals surface area contributed by atoms with E-state index in [4.69, 9.17) is 16.7 Å². The number of nitrogens with one attached hydrogen (secondary N) is 1. The number of hydrogen-bond acceptors (Lipinski definition) is 2. The fourth-order valence-corrected chi connectivity index (χ4v) is 1.39. The number of amides is 1. The number of carbonyl (C=O) groups is 1. The number of carbonyl (C=O) groups excluding carboxylic acids is 1. The molecule has 1 atom stereocenters. The molecule has 0 radical (unpaired) electrons. The maximum Gasteiger partial charge on any atom is 0.244 e. The van der Waals surface area contributed by atoms with Gasteiger partial charge in [-0.3, -0.25) is 4.79 Å². The molecule has 2 N–H and O–H groups in total. The van der Waals surface area contributed by atoms with E-state index in [0.717, 1.165) is 0 Å². The van der Waals surface area contributed by atoms with Crippen molar-refractivity contribution in [3.8, 4) is 0 Å². The van der Waals surface area contributed by atoms with Gasteiger partial charge in [0.2, 0.25) is 5.91 Å². The fourth-order valence-electron chi connectivity index (χ4n) is 1.17. The summed E-state index contributed by atoms with van der Waals surface area (Å²) in [5, 5.41) is 11.5. The van der Waals surface area contributed by atoms with Crippen LogP contribution in [0.25, 0.3) is 6.08 Å². The molecule has 0 aliphatic heterocycles. The smallest absolute Gasteiger partial charge is 0.244 e. The summed E-state index contributed by atoms with van der Waals surface area (Å²) in [4.78, 5) is 11.3. The van der Waals surface area contributed by atoms with Gasteiger partial charge in [0, 0.05) is 17.7 Å². The molecule has 0 aromatic heterocycles. The normalized spacial score (nSPS) is 12.7. The van der Waals surface area contributed by atoms with E-state index in [-0.39, 0.29) is 23.2 Å². The Kier molecular flexibility index (Phi) is 5.12. The van der Waals surface area contributed by atoms with Gasteiger partial charge in [-0.25, -0.2) is 4.39 Å². The summed E-state index contributed by atoms with van der Waals surface area (Å²) in [5.41, 5.74) is 0.168. The number of aliphatic hydroxyl groups excluding tert-OH is 1. The second kappa shape index (κ2) is 6.37. The Bertz CT molecular complexity index is 414. The number of halogens is 2. The third-order valence-electron chi connectivity index (χ3n) is 2.06. The second-order valence-corrected chi connectivity index (χ2v) is 3.97. The molecule has 0 unspecified atom stereocenters. The molecule has 0 aliphatic carbocycles. The first-order valence-electron chi connectivity index (χ1n) is 5.08. The first kappa shape index (κ1) is 13.7. The van der Waals surface area contributed by atoms with Crippen molar-refractivity contribution in [1.29, 1.82) is 0 Å². The van der Waals surface area contributed by atoms with E-state index in [9.17, 15) is 9.18 Å². The number of rotatable bonds is 4. The molecule has 0 fully saturated rings. The van der Waals surface area contributed by atoms with Crippen LogP contribution in [0.4, 0.5) is 4.39 Å². The van der Waals surface area contributed by atoms with Crippen molar-refractivity contribution in [3.05, 3.63) is 40.7 Å². The van der Waals surface area contributed by atoms with Crippen LogP contribution >= 0.6 is 11.6 Å². The molecule has 0 saturated heterocycles. The summed E-state index contributed by atoms with van der Waals surface area (Å²) in [7, 11) is 0. The average molecular weight is 258 g/mol. The topological polar surface area (TPSA) is 49.3 Å². The Hall–Kier alpha value is -1.39. The van der Waals surface area contributed by atoms with Crippen molar-refractivity contribution in [2.45, 2.75) is 13.0 Å². The maximum absolute atomic E-state index is 13.3. The zero-order chi connectivity index (χ0) is 12.8. The van der Waals surface area contributed by atoms with E-state index in [1.807, 2.05) is 0 Å². The van der Waals surface area contributed by atoms with E-state index < -0.39 is 11.7 Å². The summed E-state index contributed by atoms with van der Waals surface area (Å²) in [5.74, 6) is -0.900. The minimum Gasteiger partial charge on any atom is -0.394 e. The number of aliphatic hydroxyl groups is 1. The predicted octanol–water partition coefficient (Wildman–Crippen LogP) is 1.99. The summed E-state index contributed by atoms with van der Waals surface area (Å²) in [6, 6.07) is 3.95. The van der Waals surface area contributed by atoms with Crippen LogP contribution in [0.5, 0.6) is 0 Å². The van der Waals surface area contributed by atoms with Gasteiger partial charge in [-0.2, -0.15) is 0 Å². The molecule has 1 aromatic carbocycles. The van der Waals surface area contributed by atoms with E-state index in [1.165, 1.54) is 24.3 Å². The highest BCUT2D eigenvalue weighted by Crippen LogP contribution is 2.20. The molecule has 5 heteroatoms. The Labute approximate surface area is 104 Å². The third kappa shape index (κ3) is 4.17. The largest absolute Gasteiger partial charge is 0.394 e. The van der Waals surface area contributed by atoms with Crippen LogP contribution in [0.15, 0.2) is 24.3 Å². The molecule has 17 heavy (non-hydrogen) atoms.